The highest BCUT2D eigenvalue weighted by Gasteiger charge is 2.27. The predicted molar refractivity (Wildman–Crippen MR) is 97.9 cm³/mol. The third-order valence-electron chi connectivity index (χ3n) is 3.23. The Balaban J connectivity index is 2.08. The molecule has 1 heterocycles. The largest absolute Gasteiger partial charge is 0.405 e. The highest BCUT2D eigenvalue weighted by molar-refractivity contribution is 5.94. The topological polar surface area (TPSA) is 79.3 Å². The van der Waals surface area contributed by atoms with Crippen LogP contribution in [0.4, 0.5) is 24.7 Å². The van der Waals surface area contributed by atoms with Crippen molar-refractivity contribution < 1.29 is 18.0 Å². The molecule has 2 aromatic rings. The number of hydrogen-bond donors (Lipinski definition) is 2. The van der Waals surface area contributed by atoms with Gasteiger partial charge in [0.1, 0.15) is 12.4 Å². The van der Waals surface area contributed by atoms with Gasteiger partial charge >= 0.3 is 6.18 Å². The van der Waals surface area contributed by atoms with Gasteiger partial charge in [-0.2, -0.15) is 13.2 Å². The number of aliphatic imine (C=N–C) groups is 1. The molecule has 0 atom stereocenters. The summed E-state index contributed by atoms with van der Waals surface area (Å²) in [7, 11) is 0. The molecule has 0 saturated heterocycles. The molecule has 2 N–H and O–H groups in total. The Morgan fingerprint density at radius 2 is 1.93 bits per heavy atom. The lowest BCUT2D eigenvalue weighted by Gasteiger charge is -2.10. The Kier molecular flexibility index (Phi) is 6.42. The van der Waals surface area contributed by atoms with Crippen LogP contribution in [0.2, 0.25) is 0 Å². The molecule has 27 heavy (non-hydrogen) atoms. The number of benzene rings is 1. The number of carbonyl (C=O) groups is 1. The molecular weight excluding hydrogens is 359 g/mol. The molecule has 2 rings (SSSR count). The van der Waals surface area contributed by atoms with Gasteiger partial charge < -0.3 is 10.6 Å². The normalized spacial score (nSPS) is 11.6. The molecule has 0 bridgehead atoms. The number of aromatic nitrogens is 2. The minimum Gasteiger partial charge on any atom is -0.343 e. The number of anilines is 2. The summed E-state index contributed by atoms with van der Waals surface area (Å²) < 4.78 is 36.4. The Morgan fingerprint density at radius 3 is 2.52 bits per heavy atom. The lowest BCUT2D eigenvalue weighted by atomic mass is 10.2. The van der Waals surface area contributed by atoms with Crippen LogP contribution in [0.1, 0.15) is 16.2 Å². The fraction of sp³-hybridized carbons (Fsp3) is 0.111. The summed E-state index contributed by atoms with van der Waals surface area (Å²) >= 11 is 0. The zero-order chi connectivity index (χ0) is 19.9. The maximum atomic E-state index is 12.1. The van der Waals surface area contributed by atoms with Gasteiger partial charge in [0, 0.05) is 29.2 Å². The Morgan fingerprint density at radius 1 is 1.22 bits per heavy atom. The number of hydrogen-bond acceptors (Lipinski definition) is 5. The van der Waals surface area contributed by atoms with E-state index in [0.717, 1.165) is 0 Å². The van der Waals surface area contributed by atoms with Crippen molar-refractivity contribution in [3.05, 3.63) is 66.8 Å². The first-order valence-electron chi connectivity index (χ1n) is 7.66. The SMILES string of the molecule is C=CC(=CN=C)c1nccc(Nc2ccc(C(=O)NCC(F)(F)F)cc2)n1. The molecule has 0 aliphatic carbocycles. The van der Waals surface area contributed by atoms with Gasteiger partial charge in [-0.1, -0.05) is 12.7 Å². The monoisotopic (exact) mass is 375 g/mol. The summed E-state index contributed by atoms with van der Waals surface area (Å²) in [6.45, 7) is 5.65. The number of nitrogens with one attached hydrogen (secondary N) is 2. The van der Waals surface area contributed by atoms with Crippen LogP contribution in [0.3, 0.4) is 0 Å². The van der Waals surface area contributed by atoms with Gasteiger partial charge in [0.15, 0.2) is 5.82 Å². The van der Waals surface area contributed by atoms with Crippen molar-refractivity contribution in [2.24, 2.45) is 4.99 Å². The van der Waals surface area contributed by atoms with Crippen LogP contribution < -0.4 is 10.6 Å². The molecule has 0 unspecified atom stereocenters. The molecule has 0 radical (unpaired) electrons. The van der Waals surface area contributed by atoms with E-state index in [1.165, 1.54) is 18.3 Å². The molecule has 9 heteroatoms. The fourth-order valence-corrected chi connectivity index (χ4v) is 2.00. The summed E-state index contributed by atoms with van der Waals surface area (Å²) in [4.78, 5) is 23.8. The van der Waals surface area contributed by atoms with Crippen LogP contribution in [0.5, 0.6) is 0 Å². The van der Waals surface area contributed by atoms with Crippen molar-refractivity contribution in [3.8, 4) is 0 Å². The average Bonchev–Trinajstić information content (AvgIpc) is 2.64. The number of alkyl halides is 3. The number of halogens is 3. The minimum atomic E-state index is -4.46. The predicted octanol–water partition coefficient (Wildman–Crippen LogP) is 3.74. The van der Waals surface area contributed by atoms with Crippen LogP contribution in [-0.2, 0) is 0 Å². The molecule has 0 saturated carbocycles. The fourth-order valence-electron chi connectivity index (χ4n) is 2.00. The zero-order valence-corrected chi connectivity index (χ0v) is 14.1. The summed E-state index contributed by atoms with van der Waals surface area (Å²) in [6.07, 6.45) is 0.106. The van der Waals surface area contributed by atoms with E-state index in [1.807, 2.05) is 5.32 Å². The second-order valence-corrected chi connectivity index (χ2v) is 5.24. The molecule has 0 fully saturated rings. The van der Waals surface area contributed by atoms with E-state index in [-0.39, 0.29) is 5.56 Å². The van der Waals surface area contributed by atoms with E-state index in [2.05, 4.69) is 33.6 Å². The van der Waals surface area contributed by atoms with E-state index in [4.69, 9.17) is 0 Å². The number of carbonyl (C=O) groups excluding carboxylic acids is 1. The highest BCUT2D eigenvalue weighted by Crippen LogP contribution is 2.18. The Bertz CT molecular complexity index is 860. The van der Waals surface area contributed by atoms with Crippen LogP contribution >= 0.6 is 0 Å². The molecule has 140 valence electrons. The van der Waals surface area contributed by atoms with Gasteiger partial charge in [0.05, 0.1) is 0 Å². The highest BCUT2D eigenvalue weighted by atomic mass is 19.4. The zero-order valence-electron chi connectivity index (χ0n) is 14.1. The summed E-state index contributed by atoms with van der Waals surface area (Å²) in [5, 5.41) is 4.83. The maximum Gasteiger partial charge on any atom is 0.405 e. The van der Waals surface area contributed by atoms with Gasteiger partial charge in [0.25, 0.3) is 5.91 Å². The third-order valence-corrected chi connectivity index (χ3v) is 3.23. The van der Waals surface area contributed by atoms with Gasteiger partial charge in [-0.25, -0.2) is 9.97 Å². The lowest BCUT2D eigenvalue weighted by molar-refractivity contribution is -0.123. The van der Waals surface area contributed by atoms with Crippen LogP contribution in [-0.4, -0.2) is 35.3 Å². The second-order valence-electron chi connectivity index (χ2n) is 5.24. The first kappa shape index (κ1) is 19.8. The molecule has 1 aromatic heterocycles. The Hall–Kier alpha value is -3.49. The molecule has 0 aliphatic heterocycles. The summed E-state index contributed by atoms with van der Waals surface area (Å²) in [5.41, 5.74) is 1.30. The van der Waals surface area contributed by atoms with E-state index in [9.17, 15) is 18.0 Å². The van der Waals surface area contributed by atoms with Gasteiger partial charge in [0.2, 0.25) is 0 Å². The van der Waals surface area contributed by atoms with E-state index in [0.29, 0.717) is 22.9 Å². The van der Waals surface area contributed by atoms with E-state index in [1.54, 1.807) is 30.5 Å². The summed E-state index contributed by atoms with van der Waals surface area (Å²) in [6, 6.07) is 7.56. The Labute approximate surface area is 153 Å². The van der Waals surface area contributed by atoms with Gasteiger partial charge in [-0.3, -0.25) is 9.79 Å². The second kappa shape index (κ2) is 8.75. The van der Waals surface area contributed by atoms with E-state index >= 15 is 0 Å². The van der Waals surface area contributed by atoms with Crippen LogP contribution in [0.25, 0.3) is 5.57 Å². The molecule has 0 spiro atoms. The smallest absolute Gasteiger partial charge is 0.343 e. The third kappa shape index (κ3) is 6.07. The average molecular weight is 375 g/mol. The van der Waals surface area contributed by atoms with Crippen molar-refractivity contribution in [2.75, 3.05) is 11.9 Å². The van der Waals surface area contributed by atoms with Crippen molar-refractivity contribution in [1.29, 1.82) is 0 Å². The number of rotatable bonds is 7. The number of nitrogens with zero attached hydrogens (tertiary/aromatic N) is 3. The van der Waals surface area contributed by atoms with Gasteiger partial charge in [-0.15, -0.1) is 0 Å². The van der Waals surface area contributed by atoms with Crippen LogP contribution in [0.15, 0.2) is 60.4 Å². The summed E-state index contributed by atoms with van der Waals surface area (Å²) in [5.74, 6) is 0.0671. The van der Waals surface area contributed by atoms with Crippen molar-refractivity contribution >= 4 is 29.7 Å². The molecule has 1 aromatic carbocycles. The number of allylic oxidation sites excluding steroid dienone is 2. The molecular formula is C18H16F3N5O. The van der Waals surface area contributed by atoms with Crippen molar-refractivity contribution in [3.63, 3.8) is 0 Å². The first-order valence-corrected chi connectivity index (χ1v) is 7.66. The van der Waals surface area contributed by atoms with Crippen molar-refractivity contribution in [2.45, 2.75) is 6.18 Å². The van der Waals surface area contributed by atoms with Crippen LogP contribution in [0, 0.1) is 0 Å². The van der Waals surface area contributed by atoms with Crippen molar-refractivity contribution in [1.82, 2.24) is 15.3 Å². The number of amides is 1. The first-order chi connectivity index (χ1) is 12.8. The maximum absolute atomic E-state index is 12.1. The molecule has 0 aliphatic rings. The van der Waals surface area contributed by atoms with Gasteiger partial charge in [-0.05, 0) is 37.0 Å². The van der Waals surface area contributed by atoms with E-state index < -0.39 is 18.6 Å². The minimum absolute atomic E-state index is 0.113. The molecule has 6 nitrogen and oxygen atoms in total. The lowest BCUT2D eigenvalue weighted by Crippen LogP contribution is -2.33. The quantitative estimate of drug-likeness (QED) is 0.571. The molecule has 1 amide bonds. The standard InChI is InChI=1S/C18H16F3N5O/c1-3-12(10-22-2)16-23-9-8-15(26-16)25-14-6-4-13(5-7-14)17(27)24-11-18(19,20)21/h3-10H,1-2,11H2,(H,24,27)(H,23,25,26).